The zero-order chi connectivity index (χ0) is 48.2. The molecule has 0 saturated heterocycles. The lowest BCUT2D eigenvalue weighted by molar-refractivity contribution is 0.670. The standard InChI is InChI=1S/C68H48N2O2/c1-41-25-33-47(34-26-41)69(61-23-11-21-55-53-19-9-17-51(65(53)71-67(55)61)49-15-7-5-13-43(49)3)59-39-31-45-30-38-58-60(40-32-46-29-37-57(59)63(45)64(46)58)70(48-35-27-42(2)28-36-48)62-24-12-22-56-54-20-10-18-52(66(54)72-68(56)62)50-16-8-6-14-44(50)4/h5-40H,1-4H3. The van der Waals surface area contributed by atoms with Gasteiger partial charge in [-0.1, -0.05) is 181 Å². The summed E-state index contributed by atoms with van der Waals surface area (Å²) >= 11 is 0. The molecule has 0 fully saturated rings. The van der Waals surface area contributed by atoms with Gasteiger partial charge in [-0.3, -0.25) is 0 Å². The van der Waals surface area contributed by atoms with Gasteiger partial charge in [0.15, 0.2) is 11.2 Å². The van der Waals surface area contributed by atoms with Crippen LogP contribution in [-0.4, -0.2) is 0 Å². The number of furan rings is 2. The van der Waals surface area contributed by atoms with Gasteiger partial charge in [-0.25, -0.2) is 0 Å². The van der Waals surface area contributed by atoms with Gasteiger partial charge in [-0.15, -0.1) is 0 Å². The second-order valence-corrected chi connectivity index (χ2v) is 19.4. The summed E-state index contributed by atoms with van der Waals surface area (Å²) in [5.74, 6) is 0. The Hall–Kier alpha value is -9.12. The van der Waals surface area contributed by atoms with Crippen LogP contribution in [0.4, 0.5) is 34.1 Å². The molecule has 2 aromatic heterocycles. The highest BCUT2D eigenvalue weighted by Crippen LogP contribution is 2.51. The molecule has 14 rings (SSSR count). The topological polar surface area (TPSA) is 32.8 Å². The maximum absolute atomic E-state index is 7.16. The van der Waals surface area contributed by atoms with E-state index >= 15 is 0 Å². The number of fused-ring (bicyclic) bond motifs is 6. The van der Waals surface area contributed by atoms with Gasteiger partial charge in [0.05, 0.1) is 22.7 Å². The Morgan fingerprint density at radius 3 is 1.04 bits per heavy atom. The molecule has 0 bridgehead atoms. The van der Waals surface area contributed by atoms with Gasteiger partial charge in [0.1, 0.15) is 11.2 Å². The van der Waals surface area contributed by atoms with E-state index < -0.39 is 0 Å². The quantitative estimate of drug-likeness (QED) is 0.142. The summed E-state index contributed by atoms with van der Waals surface area (Å²) < 4.78 is 14.3. The van der Waals surface area contributed by atoms with Gasteiger partial charge in [0.25, 0.3) is 0 Å². The number of nitrogens with zero attached hydrogens (tertiary/aromatic N) is 2. The molecule has 4 heteroatoms. The van der Waals surface area contributed by atoms with Crippen molar-refractivity contribution in [1.29, 1.82) is 0 Å². The van der Waals surface area contributed by atoms with Crippen molar-refractivity contribution >= 4 is 110 Å². The van der Waals surface area contributed by atoms with Crippen molar-refractivity contribution in [3.63, 3.8) is 0 Å². The Labute approximate surface area is 417 Å². The van der Waals surface area contributed by atoms with Gasteiger partial charge in [0, 0.05) is 54.8 Å². The maximum atomic E-state index is 7.16. The molecule has 72 heavy (non-hydrogen) atoms. The normalized spacial score (nSPS) is 11.9. The smallest absolute Gasteiger partial charge is 0.159 e. The minimum Gasteiger partial charge on any atom is -0.453 e. The fourth-order valence-electron chi connectivity index (χ4n) is 11.5. The Kier molecular flexibility index (Phi) is 9.43. The lowest BCUT2D eigenvalue weighted by Gasteiger charge is -2.29. The molecule has 0 saturated carbocycles. The number of hydrogen-bond donors (Lipinski definition) is 0. The molecule has 342 valence electrons. The molecule has 0 atom stereocenters. The van der Waals surface area contributed by atoms with Gasteiger partial charge < -0.3 is 18.6 Å². The second kappa shape index (κ2) is 16.2. The summed E-state index contributed by atoms with van der Waals surface area (Å²) in [7, 11) is 0. The van der Waals surface area contributed by atoms with E-state index in [1.54, 1.807) is 0 Å². The predicted octanol–water partition coefficient (Wildman–Crippen LogP) is 19.9. The summed E-state index contributed by atoms with van der Waals surface area (Å²) in [5, 5.41) is 11.5. The molecule has 0 aliphatic heterocycles. The number of rotatable bonds is 8. The van der Waals surface area contributed by atoms with Crippen LogP contribution in [0.2, 0.25) is 0 Å². The van der Waals surface area contributed by atoms with Crippen molar-refractivity contribution in [2.75, 3.05) is 9.80 Å². The zero-order valence-corrected chi connectivity index (χ0v) is 40.5. The first-order valence-electron chi connectivity index (χ1n) is 24.8. The molecular formula is C68H48N2O2. The summed E-state index contributed by atoms with van der Waals surface area (Å²) in [6.45, 7) is 8.63. The van der Waals surface area contributed by atoms with Crippen LogP contribution in [0.1, 0.15) is 22.3 Å². The van der Waals surface area contributed by atoms with Crippen molar-refractivity contribution in [3.05, 3.63) is 241 Å². The Morgan fingerprint density at radius 1 is 0.264 bits per heavy atom. The number of para-hydroxylation sites is 4. The largest absolute Gasteiger partial charge is 0.453 e. The lowest BCUT2D eigenvalue weighted by atomic mass is 9.91. The molecule has 0 N–H and O–H groups in total. The second-order valence-electron chi connectivity index (χ2n) is 19.4. The van der Waals surface area contributed by atoms with E-state index in [0.29, 0.717) is 0 Å². The number of benzene rings is 12. The Balaban J connectivity index is 1.00. The van der Waals surface area contributed by atoms with E-state index in [1.807, 2.05) is 0 Å². The number of anilines is 6. The molecule has 2 heterocycles. The average molecular weight is 925 g/mol. The summed E-state index contributed by atoms with van der Waals surface area (Å²) in [5.41, 5.74) is 19.1. The van der Waals surface area contributed by atoms with Crippen molar-refractivity contribution < 1.29 is 8.83 Å². The Bertz CT molecular complexity index is 4160. The van der Waals surface area contributed by atoms with E-state index in [1.165, 1.54) is 54.9 Å². The van der Waals surface area contributed by atoms with Gasteiger partial charge in [0.2, 0.25) is 0 Å². The molecule has 12 aromatic carbocycles. The van der Waals surface area contributed by atoms with E-state index in [2.05, 4.69) is 256 Å². The van der Waals surface area contributed by atoms with E-state index in [-0.39, 0.29) is 0 Å². The third-order valence-corrected chi connectivity index (χ3v) is 15.0. The third-order valence-electron chi connectivity index (χ3n) is 15.0. The average Bonchev–Trinajstić information content (AvgIpc) is 4.00. The van der Waals surface area contributed by atoms with Gasteiger partial charge in [-0.2, -0.15) is 0 Å². The number of aryl methyl sites for hydroxylation is 4. The Morgan fingerprint density at radius 2 is 0.625 bits per heavy atom. The van der Waals surface area contributed by atoms with Crippen molar-refractivity contribution in [1.82, 2.24) is 0 Å². The van der Waals surface area contributed by atoms with Crippen molar-refractivity contribution in [3.8, 4) is 22.3 Å². The van der Waals surface area contributed by atoms with Crippen LogP contribution in [0.15, 0.2) is 227 Å². The molecule has 0 aliphatic carbocycles. The monoisotopic (exact) mass is 924 g/mol. The zero-order valence-electron chi connectivity index (χ0n) is 40.5. The third kappa shape index (κ3) is 6.39. The van der Waals surface area contributed by atoms with E-state index in [4.69, 9.17) is 8.83 Å². The van der Waals surface area contributed by atoms with Gasteiger partial charge >= 0.3 is 0 Å². The van der Waals surface area contributed by atoms with Gasteiger partial charge in [-0.05, 0) is 120 Å². The van der Waals surface area contributed by atoms with Crippen molar-refractivity contribution in [2.24, 2.45) is 0 Å². The van der Waals surface area contributed by atoms with Crippen LogP contribution < -0.4 is 9.80 Å². The van der Waals surface area contributed by atoms with Crippen LogP contribution in [-0.2, 0) is 0 Å². The molecule has 0 aliphatic rings. The molecule has 4 nitrogen and oxygen atoms in total. The molecule has 14 aromatic rings. The fourth-order valence-corrected chi connectivity index (χ4v) is 11.5. The summed E-state index contributed by atoms with van der Waals surface area (Å²) in [6.07, 6.45) is 0. The highest BCUT2D eigenvalue weighted by molar-refractivity contribution is 6.29. The summed E-state index contributed by atoms with van der Waals surface area (Å²) in [6, 6.07) is 79.4. The molecule has 0 spiro atoms. The molecular weight excluding hydrogens is 877 g/mol. The van der Waals surface area contributed by atoms with Crippen molar-refractivity contribution in [2.45, 2.75) is 27.7 Å². The minimum absolute atomic E-state index is 0.849. The van der Waals surface area contributed by atoms with Crippen LogP contribution in [0.25, 0.3) is 98.4 Å². The first-order chi connectivity index (χ1) is 35.4. The highest BCUT2D eigenvalue weighted by Gasteiger charge is 2.27. The predicted molar refractivity (Wildman–Crippen MR) is 304 cm³/mol. The number of hydrogen-bond acceptors (Lipinski definition) is 4. The first kappa shape index (κ1) is 41.8. The SMILES string of the molecule is Cc1ccc(N(c2ccc3ccc4c(N(c5ccc(C)cc5)c5cccc6c5oc5c(-c7ccccc7C)cccc56)ccc5ccc2c3c54)c2cccc3c2oc2c(-c4ccccc4C)cccc23)cc1. The maximum Gasteiger partial charge on any atom is 0.159 e. The van der Waals surface area contributed by atoms with Crippen LogP contribution in [0.5, 0.6) is 0 Å². The minimum atomic E-state index is 0.849. The molecule has 0 radical (unpaired) electrons. The molecule has 0 amide bonds. The van der Waals surface area contributed by atoms with E-state index in [0.717, 1.165) is 99.9 Å². The molecule has 0 unspecified atom stereocenters. The van der Waals surface area contributed by atoms with Crippen LogP contribution >= 0.6 is 0 Å². The summed E-state index contributed by atoms with van der Waals surface area (Å²) in [4.78, 5) is 4.80. The highest BCUT2D eigenvalue weighted by atomic mass is 16.3. The fraction of sp³-hybridized carbons (Fsp3) is 0.0588. The first-order valence-corrected chi connectivity index (χ1v) is 24.8. The van der Waals surface area contributed by atoms with Crippen LogP contribution in [0, 0.1) is 27.7 Å². The lowest BCUT2D eigenvalue weighted by Crippen LogP contribution is -2.12. The van der Waals surface area contributed by atoms with Crippen LogP contribution in [0.3, 0.4) is 0 Å². The van der Waals surface area contributed by atoms with E-state index in [9.17, 15) is 0 Å².